The van der Waals surface area contributed by atoms with Gasteiger partial charge in [-0.15, -0.1) is 0 Å². The first-order valence-corrected chi connectivity index (χ1v) is 6.66. The fraction of sp³-hybridized carbons (Fsp3) is 0.500. The molecule has 0 aromatic carbocycles. The molecule has 98 valence electrons. The largest absolute Gasteiger partial charge is 0.478 e. The number of rotatable bonds is 4. The molecule has 1 fully saturated rings. The second-order valence-electron chi connectivity index (χ2n) is 4.57. The molecule has 2 atom stereocenters. The summed E-state index contributed by atoms with van der Waals surface area (Å²) in [5.74, 6) is -0.239. The van der Waals surface area contributed by atoms with Crippen LogP contribution in [-0.4, -0.2) is 33.8 Å². The zero-order valence-corrected chi connectivity index (χ0v) is 11.4. The lowest BCUT2D eigenvalue weighted by Gasteiger charge is -2.13. The van der Waals surface area contributed by atoms with Crippen molar-refractivity contribution in [1.82, 2.24) is 4.98 Å². The summed E-state index contributed by atoms with van der Waals surface area (Å²) < 4.78 is 0.640. The molecule has 2 rings (SSSR count). The quantitative estimate of drug-likeness (QED) is 0.793. The van der Waals surface area contributed by atoms with E-state index in [2.05, 4.69) is 26.2 Å². The number of pyridine rings is 1. The Kier molecular flexibility index (Phi) is 4.19. The van der Waals surface area contributed by atoms with Gasteiger partial charge in [-0.25, -0.2) is 9.78 Å². The molecule has 1 aliphatic carbocycles. The first-order chi connectivity index (χ1) is 8.56. The Morgan fingerprint density at radius 3 is 2.94 bits per heavy atom. The predicted molar refractivity (Wildman–Crippen MR) is 70.7 cm³/mol. The summed E-state index contributed by atoms with van der Waals surface area (Å²) in [6.07, 6.45) is 3.91. The third-order valence-electron chi connectivity index (χ3n) is 3.16. The van der Waals surface area contributed by atoms with Gasteiger partial charge in [0.05, 0.1) is 6.10 Å². The van der Waals surface area contributed by atoms with Crippen molar-refractivity contribution in [2.75, 3.05) is 11.9 Å². The molecule has 1 aromatic rings. The Bertz CT molecular complexity index is 453. The van der Waals surface area contributed by atoms with Gasteiger partial charge in [0.25, 0.3) is 0 Å². The molecule has 1 aliphatic rings. The van der Waals surface area contributed by atoms with Crippen LogP contribution in [-0.2, 0) is 0 Å². The highest BCUT2D eigenvalue weighted by Crippen LogP contribution is 2.26. The van der Waals surface area contributed by atoms with Crippen LogP contribution in [0.5, 0.6) is 0 Å². The lowest BCUT2D eigenvalue weighted by Crippen LogP contribution is -2.15. The molecule has 0 spiro atoms. The number of aliphatic hydroxyl groups is 1. The van der Waals surface area contributed by atoms with E-state index in [0.29, 0.717) is 22.8 Å². The van der Waals surface area contributed by atoms with Gasteiger partial charge in [0, 0.05) is 17.2 Å². The molecule has 0 saturated heterocycles. The van der Waals surface area contributed by atoms with Crippen molar-refractivity contribution in [2.45, 2.75) is 25.4 Å². The van der Waals surface area contributed by atoms with Gasteiger partial charge < -0.3 is 15.5 Å². The lowest BCUT2D eigenvalue weighted by atomic mass is 10.1. The van der Waals surface area contributed by atoms with Gasteiger partial charge in [-0.05, 0) is 47.2 Å². The summed E-state index contributed by atoms with van der Waals surface area (Å²) in [7, 11) is 0. The summed E-state index contributed by atoms with van der Waals surface area (Å²) in [5.41, 5.74) is 0.155. The summed E-state index contributed by atoms with van der Waals surface area (Å²) in [6, 6.07) is 1.53. The third-order valence-corrected chi connectivity index (χ3v) is 3.59. The van der Waals surface area contributed by atoms with E-state index in [0.717, 1.165) is 19.3 Å². The SMILES string of the molecule is O=C(O)c1cc(Br)cnc1NCC1CCC(O)C1. The summed E-state index contributed by atoms with van der Waals surface area (Å²) in [6.45, 7) is 0.645. The number of aromatic nitrogens is 1. The first-order valence-electron chi connectivity index (χ1n) is 5.87. The van der Waals surface area contributed by atoms with Crippen molar-refractivity contribution in [3.8, 4) is 0 Å². The van der Waals surface area contributed by atoms with Crippen molar-refractivity contribution in [3.63, 3.8) is 0 Å². The fourth-order valence-electron chi connectivity index (χ4n) is 2.22. The number of aliphatic hydroxyl groups excluding tert-OH is 1. The molecule has 0 bridgehead atoms. The highest BCUT2D eigenvalue weighted by Gasteiger charge is 2.23. The van der Waals surface area contributed by atoms with Crippen LogP contribution in [0.15, 0.2) is 16.7 Å². The monoisotopic (exact) mass is 314 g/mol. The van der Waals surface area contributed by atoms with Crippen LogP contribution in [0.2, 0.25) is 0 Å². The number of hydrogen-bond acceptors (Lipinski definition) is 4. The highest BCUT2D eigenvalue weighted by molar-refractivity contribution is 9.10. The molecule has 3 N–H and O–H groups in total. The maximum Gasteiger partial charge on any atom is 0.339 e. The molecule has 18 heavy (non-hydrogen) atoms. The Hall–Kier alpha value is -1.14. The van der Waals surface area contributed by atoms with Crippen LogP contribution < -0.4 is 5.32 Å². The van der Waals surface area contributed by atoms with Crippen LogP contribution in [0.1, 0.15) is 29.6 Å². The van der Waals surface area contributed by atoms with E-state index in [1.165, 1.54) is 6.07 Å². The molecule has 1 saturated carbocycles. The summed E-state index contributed by atoms with van der Waals surface area (Å²) in [5, 5.41) is 21.6. The Morgan fingerprint density at radius 1 is 1.56 bits per heavy atom. The zero-order chi connectivity index (χ0) is 13.1. The fourth-order valence-corrected chi connectivity index (χ4v) is 2.55. The number of halogens is 1. The normalized spacial score (nSPS) is 23.0. The Morgan fingerprint density at radius 2 is 2.33 bits per heavy atom. The van der Waals surface area contributed by atoms with Gasteiger partial charge in [-0.1, -0.05) is 0 Å². The maximum atomic E-state index is 11.1. The summed E-state index contributed by atoms with van der Waals surface area (Å²) >= 11 is 3.20. The van der Waals surface area contributed by atoms with Gasteiger partial charge in [-0.2, -0.15) is 0 Å². The van der Waals surface area contributed by atoms with Crippen LogP contribution in [0.25, 0.3) is 0 Å². The molecular formula is C12H15BrN2O3. The van der Waals surface area contributed by atoms with Gasteiger partial charge in [-0.3, -0.25) is 0 Å². The minimum Gasteiger partial charge on any atom is -0.478 e. The number of hydrogen-bond donors (Lipinski definition) is 3. The molecule has 1 aromatic heterocycles. The van der Waals surface area contributed by atoms with Crippen molar-refractivity contribution < 1.29 is 15.0 Å². The Balaban J connectivity index is 2.02. The molecule has 0 aliphatic heterocycles. The van der Waals surface area contributed by atoms with Crippen LogP contribution >= 0.6 is 15.9 Å². The van der Waals surface area contributed by atoms with E-state index < -0.39 is 5.97 Å². The third kappa shape index (κ3) is 3.20. The van der Waals surface area contributed by atoms with Gasteiger partial charge in [0.2, 0.25) is 0 Å². The molecule has 6 heteroatoms. The second-order valence-corrected chi connectivity index (χ2v) is 5.48. The van der Waals surface area contributed by atoms with Crippen molar-refractivity contribution in [3.05, 3.63) is 22.3 Å². The lowest BCUT2D eigenvalue weighted by molar-refractivity contribution is 0.0697. The van der Waals surface area contributed by atoms with Gasteiger partial charge >= 0.3 is 5.97 Å². The average molecular weight is 315 g/mol. The van der Waals surface area contributed by atoms with E-state index >= 15 is 0 Å². The minimum absolute atomic E-state index is 0.155. The minimum atomic E-state index is -1.00. The second kappa shape index (κ2) is 5.67. The summed E-state index contributed by atoms with van der Waals surface area (Å²) in [4.78, 5) is 15.2. The van der Waals surface area contributed by atoms with Crippen molar-refractivity contribution >= 4 is 27.7 Å². The topological polar surface area (TPSA) is 82.5 Å². The number of carboxylic acid groups (broad SMARTS) is 1. The van der Waals surface area contributed by atoms with E-state index in [-0.39, 0.29) is 11.7 Å². The van der Waals surface area contributed by atoms with E-state index in [9.17, 15) is 9.90 Å². The average Bonchev–Trinajstić information content (AvgIpc) is 2.73. The van der Waals surface area contributed by atoms with Crippen LogP contribution in [0.3, 0.4) is 0 Å². The number of carbonyl (C=O) groups is 1. The van der Waals surface area contributed by atoms with E-state index in [1.54, 1.807) is 6.20 Å². The predicted octanol–water partition coefficient (Wildman–Crippen LogP) is 2.12. The number of carboxylic acids is 1. The molecule has 0 amide bonds. The number of aromatic carboxylic acids is 1. The zero-order valence-electron chi connectivity index (χ0n) is 9.77. The maximum absolute atomic E-state index is 11.1. The standard InChI is InChI=1S/C12H15BrN2O3/c13-8-4-10(12(17)18)11(15-6-8)14-5-7-1-2-9(16)3-7/h4,6-7,9,16H,1-3,5H2,(H,14,15)(H,17,18). The molecule has 2 unspecified atom stereocenters. The smallest absolute Gasteiger partial charge is 0.339 e. The van der Waals surface area contributed by atoms with Crippen molar-refractivity contribution in [2.24, 2.45) is 5.92 Å². The molecular weight excluding hydrogens is 300 g/mol. The number of nitrogens with one attached hydrogen (secondary N) is 1. The molecule has 0 radical (unpaired) electrons. The van der Waals surface area contributed by atoms with E-state index in [1.807, 2.05) is 0 Å². The van der Waals surface area contributed by atoms with Crippen LogP contribution in [0.4, 0.5) is 5.82 Å². The molecule has 1 heterocycles. The number of nitrogens with zero attached hydrogens (tertiary/aromatic N) is 1. The highest BCUT2D eigenvalue weighted by atomic mass is 79.9. The van der Waals surface area contributed by atoms with E-state index in [4.69, 9.17) is 5.11 Å². The van der Waals surface area contributed by atoms with Gasteiger partial charge in [0.15, 0.2) is 0 Å². The van der Waals surface area contributed by atoms with Gasteiger partial charge in [0.1, 0.15) is 11.4 Å². The van der Waals surface area contributed by atoms with Crippen LogP contribution in [0, 0.1) is 5.92 Å². The first kappa shape index (κ1) is 13.3. The molecule has 5 nitrogen and oxygen atoms in total. The van der Waals surface area contributed by atoms with Crippen molar-refractivity contribution in [1.29, 1.82) is 0 Å². The number of anilines is 1. The Labute approximate surface area is 113 Å².